The molecule has 3 aromatic carbocycles. The van der Waals surface area contributed by atoms with Crippen LogP contribution < -0.4 is 37.3 Å². The molecule has 0 saturated heterocycles. The van der Waals surface area contributed by atoms with Gasteiger partial charge in [0.1, 0.15) is 12.2 Å². The van der Waals surface area contributed by atoms with E-state index in [-0.39, 0.29) is 64.8 Å². The monoisotopic (exact) mass is 1130 g/mol. The van der Waals surface area contributed by atoms with Crippen molar-refractivity contribution >= 4 is 119 Å². The van der Waals surface area contributed by atoms with E-state index in [1.54, 1.807) is 66.7 Å². The normalized spacial score (nSPS) is 16.2. The smallest absolute Gasteiger partial charge is 0.423 e. The Hall–Kier alpha value is -6.06. The Morgan fingerprint density at radius 3 is 1.27 bits per heavy atom. The molecule has 9 N–H and O–H groups in total. The zero-order valence-electron chi connectivity index (χ0n) is 37.2. The van der Waals surface area contributed by atoms with Gasteiger partial charge in [-0.05, 0) is 106 Å². The quantitative estimate of drug-likeness (QED) is 0.0291. The van der Waals surface area contributed by atoms with E-state index in [1.165, 1.54) is 61.1 Å². The second kappa shape index (κ2) is 25.7. The number of nitrogen functional groups attached to an aromatic ring is 1. The van der Waals surface area contributed by atoms with Crippen LogP contribution in [-0.2, 0) is 43.1 Å². The van der Waals surface area contributed by atoms with Gasteiger partial charge in [0.15, 0.2) is 15.1 Å². The van der Waals surface area contributed by atoms with Crippen molar-refractivity contribution in [3.8, 4) is 0 Å². The topological polar surface area (TPSA) is 392 Å². The van der Waals surface area contributed by atoms with E-state index in [0.717, 1.165) is 5.56 Å². The van der Waals surface area contributed by atoms with Gasteiger partial charge >= 0.3 is 21.4 Å². The molecule has 9 rings (SSSR count). The maximum Gasteiger partial charge on any atom is 0.492 e. The second-order valence-corrected chi connectivity index (χ2v) is 20.7. The number of hydrogen-bond acceptors (Lipinski definition) is 21. The number of anilines is 3. The van der Waals surface area contributed by atoms with E-state index >= 15 is 0 Å². The van der Waals surface area contributed by atoms with Crippen molar-refractivity contribution in [1.29, 1.82) is 0 Å². The molecule has 0 bridgehead atoms. The van der Waals surface area contributed by atoms with E-state index in [0.29, 0.717) is 38.9 Å². The van der Waals surface area contributed by atoms with Gasteiger partial charge in [-0.25, -0.2) is 23.4 Å². The van der Waals surface area contributed by atoms with Crippen molar-refractivity contribution in [1.82, 2.24) is 15.0 Å². The standard InChI is InChI=1S/C13H12BN3O6S.C13H14BN3O4S.C8H9BN2O4.C5H4ClNO2S.2ClH/c18-14-11-7-9(4-5-10(11)12(23-14)8-17(19)20)16-24(21,22)13-3-1-2-6-15-13;15-8-12-10-5-4-9(7-11(10)14(18)21-12)17-22(19,20)13-3-1-2-6-16-13;10-5-1-2-6-7(3-5)9(12)15-8(6)4-11(13)14;6-10(8,9)5-3-1-2-4-7-5;;/h1-7,12,16,18H,8H2;1-7,12,17-18H,8,15H2;1-3,8,12H,4,10H2;1-4H;2*1H. The molecule has 3 unspecified atom stereocenters. The van der Waals surface area contributed by atoms with Crippen LogP contribution in [-0.4, -0.2) is 106 Å². The minimum Gasteiger partial charge on any atom is -0.423 e. The van der Waals surface area contributed by atoms with Gasteiger partial charge < -0.3 is 40.5 Å². The first-order valence-corrected chi connectivity index (χ1v) is 25.7. The van der Waals surface area contributed by atoms with Gasteiger partial charge in [0.25, 0.3) is 29.1 Å². The van der Waals surface area contributed by atoms with Gasteiger partial charge in [-0.1, -0.05) is 36.4 Å². The molecule has 73 heavy (non-hydrogen) atoms. The van der Waals surface area contributed by atoms with Crippen molar-refractivity contribution in [2.24, 2.45) is 5.73 Å². The van der Waals surface area contributed by atoms with Crippen LogP contribution in [0.4, 0.5) is 17.1 Å². The molecule has 0 saturated carbocycles. The van der Waals surface area contributed by atoms with Gasteiger partial charge in [-0.3, -0.25) is 29.7 Å². The number of rotatable bonds is 12. The number of sulfonamides is 2. The second-order valence-electron chi connectivity index (χ2n) is 14.9. The summed E-state index contributed by atoms with van der Waals surface area (Å²) in [5, 5.41) is 49.9. The minimum atomic E-state index is -3.87. The summed E-state index contributed by atoms with van der Waals surface area (Å²) in [4.78, 5) is 31.1. The first kappa shape index (κ1) is 59.5. The number of pyridine rings is 3. The third kappa shape index (κ3) is 15.7. The van der Waals surface area contributed by atoms with Crippen LogP contribution in [0.15, 0.2) is 143 Å². The molecular formula is C39H41B3Cl3N9O16S3. The highest BCUT2D eigenvalue weighted by molar-refractivity contribution is 8.13. The lowest BCUT2D eigenvalue weighted by Crippen LogP contribution is -2.28. The number of hydrogen-bond donors (Lipinski definition) is 7. The zero-order chi connectivity index (χ0) is 51.7. The third-order valence-corrected chi connectivity index (χ3v) is 13.9. The predicted octanol–water partition coefficient (Wildman–Crippen LogP) is 0.675. The molecule has 6 aromatic rings. The number of nitro groups is 2. The molecule has 34 heteroatoms. The first-order valence-electron chi connectivity index (χ1n) is 20.4. The fourth-order valence-electron chi connectivity index (χ4n) is 6.95. The zero-order valence-corrected chi connectivity index (χ0v) is 42.0. The van der Waals surface area contributed by atoms with E-state index < -0.39 is 79.1 Å². The molecular weight excluding hydrogens is 1090 g/mol. The average Bonchev–Trinajstić information content (AvgIpc) is 3.93. The van der Waals surface area contributed by atoms with Gasteiger partial charge in [-0.2, -0.15) is 16.8 Å². The Kier molecular flexibility index (Phi) is 21.0. The highest BCUT2D eigenvalue weighted by atomic mass is 35.7. The van der Waals surface area contributed by atoms with Crippen LogP contribution in [0, 0.1) is 20.2 Å². The molecule has 3 aliphatic rings. The lowest BCUT2D eigenvalue weighted by Gasteiger charge is -2.10. The Balaban J connectivity index is 0.000000218. The largest absolute Gasteiger partial charge is 0.492 e. The van der Waals surface area contributed by atoms with Crippen molar-refractivity contribution in [3.63, 3.8) is 0 Å². The predicted molar refractivity (Wildman–Crippen MR) is 273 cm³/mol. The molecule has 386 valence electrons. The molecule has 0 spiro atoms. The summed E-state index contributed by atoms with van der Waals surface area (Å²) < 4.78 is 90.2. The van der Waals surface area contributed by atoms with E-state index in [1.807, 2.05) is 0 Å². The number of nitrogens with two attached hydrogens (primary N) is 2. The molecule has 0 aliphatic carbocycles. The van der Waals surface area contributed by atoms with Crippen LogP contribution >= 0.6 is 35.5 Å². The summed E-state index contributed by atoms with van der Waals surface area (Å²) in [6.07, 6.45) is 2.19. The first-order chi connectivity index (χ1) is 33.6. The van der Waals surface area contributed by atoms with Crippen LogP contribution in [0.3, 0.4) is 0 Å². The van der Waals surface area contributed by atoms with Crippen LogP contribution in [0.2, 0.25) is 0 Å². The highest BCUT2D eigenvalue weighted by Gasteiger charge is 2.39. The number of benzene rings is 3. The van der Waals surface area contributed by atoms with Crippen molar-refractivity contribution in [2.75, 3.05) is 34.8 Å². The van der Waals surface area contributed by atoms with Crippen LogP contribution in [0.1, 0.15) is 35.0 Å². The summed E-state index contributed by atoms with van der Waals surface area (Å²) in [5.41, 5.74) is 15.3. The fraction of sp³-hybridized carbons (Fsp3) is 0.154. The SMILES string of the molecule is Cl.Cl.NCC1OB(O)c2cc(NS(=O)(=O)c3ccccn3)ccc21.Nc1ccc2c(c1)B(O)OC2C[N+](=O)[O-].O=S(=O)(Cl)c1ccccn1.O=[N+]([O-])CC1OB(O)c2cc(NS(=O)(=O)c3ccccn3)ccc21. The average molecular weight is 1130 g/mol. The Morgan fingerprint density at radius 1 is 0.575 bits per heavy atom. The maximum absolute atomic E-state index is 12.2. The third-order valence-electron chi connectivity index (χ3n) is 10.1. The summed E-state index contributed by atoms with van der Waals surface area (Å²) in [7, 11) is -9.89. The van der Waals surface area contributed by atoms with Crippen molar-refractivity contribution < 1.29 is 64.1 Å². The molecule has 6 heterocycles. The van der Waals surface area contributed by atoms with Gasteiger partial charge in [0.2, 0.25) is 13.1 Å². The van der Waals surface area contributed by atoms with Gasteiger partial charge in [0, 0.05) is 62.7 Å². The van der Waals surface area contributed by atoms with Crippen LogP contribution in [0.25, 0.3) is 0 Å². The van der Waals surface area contributed by atoms with Gasteiger partial charge in [-0.15, -0.1) is 24.8 Å². The van der Waals surface area contributed by atoms with Crippen LogP contribution in [0.5, 0.6) is 0 Å². The molecule has 3 aliphatic heterocycles. The molecule has 0 fully saturated rings. The lowest BCUT2D eigenvalue weighted by atomic mass is 9.79. The lowest BCUT2D eigenvalue weighted by molar-refractivity contribution is -0.490. The Labute approximate surface area is 434 Å². The minimum absolute atomic E-state index is 0. The molecule has 3 aromatic heterocycles. The number of halogens is 3. The molecule has 25 nitrogen and oxygen atoms in total. The summed E-state index contributed by atoms with van der Waals surface area (Å²) >= 11 is 0. The summed E-state index contributed by atoms with van der Waals surface area (Å²) in [6.45, 7) is -0.597. The Morgan fingerprint density at radius 2 is 0.932 bits per heavy atom. The van der Waals surface area contributed by atoms with E-state index in [9.17, 15) is 60.6 Å². The van der Waals surface area contributed by atoms with Crippen molar-refractivity contribution in [2.45, 2.75) is 33.4 Å². The Bertz CT molecular complexity index is 3220. The molecule has 0 radical (unpaired) electrons. The number of fused-ring (bicyclic) bond motifs is 3. The highest BCUT2D eigenvalue weighted by Crippen LogP contribution is 2.28. The number of nitrogens with one attached hydrogen (secondary N) is 2. The van der Waals surface area contributed by atoms with Crippen molar-refractivity contribution in [3.05, 3.63) is 165 Å². The van der Waals surface area contributed by atoms with E-state index in [4.69, 9.17) is 36.1 Å². The maximum atomic E-state index is 12.2. The number of nitrogens with zero attached hydrogens (tertiary/aromatic N) is 5. The fourth-order valence-corrected chi connectivity index (χ4v) is 9.65. The summed E-state index contributed by atoms with van der Waals surface area (Å²) in [5.74, 6) is 0. The van der Waals surface area contributed by atoms with E-state index in [2.05, 4.69) is 24.4 Å². The molecule has 0 amide bonds. The molecule has 3 atom stereocenters. The van der Waals surface area contributed by atoms with Gasteiger partial charge in [0.05, 0.1) is 6.10 Å². The summed E-state index contributed by atoms with van der Waals surface area (Å²) in [6, 6.07) is 27.6. The number of aromatic nitrogens is 3.